The summed E-state index contributed by atoms with van der Waals surface area (Å²) in [5.74, 6) is 0.649. The number of hydrogen-bond donors (Lipinski definition) is 1. The molecule has 0 radical (unpaired) electrons. The van der Waals surface area contributed by atoms with Gasteiger partial charge in [0.1, 0.15) is 0 Å². The average molecular weight is 221 g/mol. The second-order valence-electron chi connectivity index (χ2n) is 4.04. The summed E-state index contributed by atoms with van der Waals surface area (Å²) in [5.41, 5.74) is 7.04. The van der Waals surface area contributed by atoms with Crippen LogP contribution in [0, 0.1) is 0 Å². The maximum Gasteiger partial charge on any atom is 0.191 e. The van der Waals surface area contributed by atoms with Gasteiger partial charge in [-0.1, -0.05) is 6.92 Å². The van der Waals surface area contributed by atoms with E-state index >= 15 is 0 Å². The van der Waals surface area contributed by atoms with Gasteiger partial charge in [-0.05, 0) is 13.3 Å². The molecular formula is C11H19N5. The molecule has 88 valence electrons. The molecule has 1 aliphatic heterocycles. The van der Waals surface area contributed by atoms with Crippen LogP contribution in [0.3, 0.4) is 0 Å². The molecule has 0 saturated heterocycles. The monoisotopic (exact) mass is 221 g/mol. The first-order valence-electron chi connectivity index (χ1n) is 5.85. The van der Waals surface area contributed by atoms with Crippen molar-refractivity contribution in [3.8, 4) is 0 Å². The van der Waals surface area contributed by atoms with Crippen LogP contribution in [0.15, 0.2) is 17.4 Å². The maximum absolute atomic E-state index is 5.83. The highest BCUT2D eigenvalue weighted by molar-refractivity contribution is 5.80. The summed E-state index contributed by atoms with van der Waals surface area (Å²) in [6.07, 6.45) is 5.13. The van der Waals surface area contributed by atoms with Crippen molar-refractivity contribution in [2.24, 2.45) is 10.7 Å². The minimum absolute atomic E-state index is 0.274. The zero-order valence-corrected chi connectivity index (χ0v) is 9.93. The Labute approximate surface area is 95.9 Å². The maximum atomic E-state index is 5.83. The first-order valence-corrected chi connectivity index (χ1v) is 5.85. The lowest BCUT2D eigenvalue weighted by Crippen LogP contribution is -2.35. The van der Waals surface area contributed by atoms with E-state index < -0.39 is 0 Å². The van der Waals surface area contributed by atoms with Gasteiger partial charge in [0.25, 0.3) is 0 Å². The third kappa shape index (κ3) is 1.89. The SMILES string of the molecule is CCCn1cc(C2CN=C(N)N2CC)cn1. The molecule has 0 spiro atoms. The third-order valence-electron chi connectivity index (χ3n) is 2.93. The highest BCUT2D eigenvalue weighted by Crippen LogP contribution is 2.24. The summed E-state index contributed by atoms with van der Waals surface area (Å²) < 4.78 is 1.98. The van der Waals surface area contributed by atoms with E-state index in [1.54, 1.807) is 0 Å². The van der Waals surface area contributed by atoms with Crippen molar-refractivity contribution in [3.05, 3.63) is 18.0 Å². The molecule has 0 aliphatic carbocycles. The number of hydrogen-bond acceptors (Lipinski definition) is 4. The molecule has 1 atom stereocenters. The standard InChI is InChI=1S/C11H19N5/c1-3-5-15-8-9(6-14-15)10-7-13-11(12)16(10)4-2/h6,8,10H,3-5,7H2,1-2H3,(H2,12,13). The minimum atomic E-state index is 0.274. The van der Waals surface area contributed by atoms with E-state index in [4.69, 9.17) is 5.73 Å². The van der Waals surface area contributed by atoms with Gasteiger partial charge in [-0.2, -0.15) is 5.10 Å². The van der Waals surface area contributed by atoms with E-state index in [1.807, 2.05) is 10.9 Å². The Hall–Kier alpha value is -1.52. The van der Waals surface area contributed by atoms with Crippen LogP contribution >= 0.6 is 0 Å². The molecule has 2 rings (SSSR count). The Kier molecular flexibility index (Phi) is 3.12. The summed E-state index contributed by atoms with van der Waals surface area (Å²) in [6, 6.07) is 0.274. The largest absolute Gasteiger partial charge is 0.370 e. The highest BCUT2D eigenvalue weighted by atomic mass is 15.3. The summed E-state index contributed by atoms with van der Waals surface area (Å²) in [5, 5.41) is 4.34. The predicted octanol–water partition coefficient (Wildman–Crippen LogP) is 0.984. The molecule has 1 unspecified atom stereocenters. The van der Waals surface area contributed by atoms with Gasteiger partial charge in [0.05, 0.1) is 18.8 Å². The first-order chi connectivity index (χ1) is 7.76. The van der Waals surface area contributed by atoms with Crippen LogP contribution in [-0.2, 0) is 6.54 Å². The highest BCUT2D eigenvalue weighted by Gasteiger charge is 2.26. The van der Waals surface area contributed by atoms with Crippen LogP contribution in [0.1, 0.15) is 31.9 Å². The molecule has 16 heavy (non-hydrogen) atoms. The lowest BCUT2D eigenvalue weighted by Gasteiger charge is -2.23. The molecule has 0 fully saturated rings. The molecule has 0 bridgehead atoms. The normalized spacial score (nSPS) is 20.2. The predicted molar refractivity (Wildman–Crippen MR) is 64.1 cm³/mol. The number of nitrogens with two attached hydrogens (primary N) is 1. The van der Waals surface area contributed by atoms with E-state index in [1.165, 1.54) is 5.56 Å². The lowest BCUT2D eigenvalue weighted by molar-refractivity contribution is 0.364. The second-order valence-corrected chi connectivity index (χ2v) is 4.04. The van der Waals surface area contributed by atoms with Crippen molar-refractivity contribution < 1.29 is 0 Å². The molecule has 5 nitrogen and oxygen atoms in total. The van der Waals surface area contributed by atoms with Gasteiger partial charge in [-0.3, -0.25) is 9.67 Å². The van der Waals surface area contributed by atoms with Crippen LogP contribution in [-0.4, -0.2) is 33.7 Å². The lowest BCUT2D eigenvalue weighted by atomic mass is 10.1. The Bertz CT molecular complexity index is 381. The molecule has 0 aromatic carbocycles. The van der Waals surface area contributed by atoms with Crippen molar-refractivity contribution >= 4 is 5.96 Å². The van der Waals surface area contributed by atoms with Gasteiger partial charge in [-0.25, -0.2) is 0 Å². The number of aliphatic imine (C=N–C) groups is 1. The van der Waals surface area contributed by atoms with Crippen molar-refractivity contribution in [3.63, 3.8) is 0 Å². The molecular weight excluding hydrogens is 202 g/mol. The van der Waals surface area contributed by atoms with Crippen molar-refractivity contribution in [1.29, 1.82) is 0 Å². The van der Waals surface area contributed by atoms with Gasteiger partial charge in [0, 0.05) is 24.8 Å². The van der Waals surface area contributed by atoms with Gasteiger partial charge in [-0.15, -0.1) is 0 Å². The molecule has 0 amide bonds. The number of aromatic nitrogens is 2. The number of aryl methyl sites for hydroxylation is 1. The van der Waals surface area contributed by atoms with E-state index in [0.717, 1.165) is 26.1 Å². The summed E-state index contributed by atoms with van der Waals surface area (Å²) >= 11 is 0. The van der Waals surface area contributed by atoms with Gasteiger partial charge < -0.3 is 10.6 Å². The van der Waals surface area contributed by atoms with Gasteiger partial charge in [0.15, 0.2) is 5.96 Å². The molecule has 1 aliphatic rings. The van der Waals surface area contributed by atoms with Gasteiger partial charge in [0.2, 0.25) is 0 Å². The molecule has 2 heterocycles. The fraction of sp³-hybridized carbons (Fsp3) is 0.636. The minimum Gasteiger partial charge on any atom is -0.370 e. The third-order valence-corrected chi connectivity index (χ3v) is 2.93. The van der Waals surface area contributed by atoms with E-state index in [9.17, 15) is 0 Å². The zero-order chi connectivity index (χ0) is 11.5. The van der Waals surface area contributed by atoms with Crippen LogP contribution in [0.2, 0.25) is 0 Å². The smallest absolute Gasteiger partial charge is 0.191 e. The Balaban J connectivity index is 2.12. The fourth-order valence-electron chi connectivity index (χ4n) is 2.10. The van der Waals surface area contributed by atoms with E-state index in [-0.39, 0.29) is 6.04 Å². The molecule has 2 N–H and O–H groups in total. The number of nitrogens with zero attached hydrogens (tertiary/aromatic N) is 4. The Morgan fingerprint density at radius 2 is 2.31 bits per heavy atom. The number of rotatable bonds is 4. The molecule has 0 saturated carbocycles. The topological polar surface area (TPSA) is 59.4 Å². The summed E-state index contributed by atoms with van der Waals surface area (Å²) in [4.78, 5) is 6.40. The first kappa shape index (κ1) is 11.0. The second kappa shape index (κ2) is 4.55. The average Bonchev–Trinajstić information content (AvgIpc) is 2.85. The zero-order valence-electron chi connectivity index (χ0n) is 9.93. The molecule has 1 aromatic rings. The number of guanidine groups is 1. The van der Waals surface area contributed by atoms with E-state index in [0.29, 0.717) is 5.96 Å². The van der Waals surface area contributed by atoms with Crippen LogP contribution < -0.4 is 5.73 Å². The van der Waals surface area contributed by atoms with Crippen LogP contribution in [0.5, 0.6) is 0 Å². The van der Waals surface area contributed by atoms with Crippen LogP contribution in [0.4, 0.5) is 0 Å². The summed E-state index contributed by atoms with van der Waals surface area (Å²) in [7, 11) is 0. The fourth-order valence-corrected chi connectivity index (χ4v) is 2.10. The van der Waals surface area contributed by atoms with Crippen molar-refractivity contribution in [2.75, 3.05) is 13.1 Å². The molecule has 1 aromatic heterocycles. The summed E-state index contributed by atoms with van der Waals surface area (Å²) in [6.45, 7) is 6.85. The van der Waals surface area contributed by atoms with E-state index in [2.05, 4.69) is 35.0 Å². The van der Waals surface area contributed by atoms with Gasteiger partial charge >= 0.3 is 0 Å². The van der Waals surface area contributed by atoms with Crippen LogP contribution in [0.25, 0.3) is 0 Å². The van der Waals surface area contributed by atoms with Crippen molar-refractivity contribution in [2.45, 2.75) is 32.9 Å². The Morgan fingerprint density at radius 3 is 3.00 bits per heavy atom. The Morgan fingerprint density at radius 1 is 1.50 bits per heavy atom. The number of likely N-dealkylation sites (N-methyl/N-ethyl adjacent to an activating group) is 1. The quantitative estimate of drug-likeness (QED) is 0.824. The van der Waals surface area contributed by atoms with Crippen molar-refractivity contribution in [1.82, 2.24) is 14.7 Å². The molecule has 5 heteroatoms.